The van der Waals surface area contributed by atoms with Crippen LogP contribution in [0.5, 0.6) is 0 Å². The summed E-state index contributed by atoms with van der Waals surface area (Å²) < 4.78 is 0. The van der Waals surface area contributed by atoms with Crippen molar-refractivity contribution < 1.29 is 4.79 Å². The van der Waals surface area contributed by atoms with Gasteiger partial charge in [-0.25, -0.2) is 0 Å². The van der Waals surface area contributed by atoms with Crippen molar-refractivity contribution in [2.45, 2.75) is 20.3 Å². The van der Waals surface area contributed by atoms with Crippen LogP contribution in [0.1, 0.15) is 20.3 Å². The summed E-state index contributed by atoms with van der Waals surface area (Å²) >= 11 is 0. The van der Waals surface area contributed by atoms with Crippen LogP contribution in [0.15, 0.2) is 24.3 Å². The average Bonchev–Trinajstić information content (AvgIpc) is 1.99. The van der Waals surface area contributed by atoms with Crippen molar-refractivity contribution in [1.29, 1.82) is 0 Å². The molecule has 0 N–H and O–H groups in total. The quantitative estimate of drug-likeness (QED) is 0.500. The van der Waals surface area contributed by atoms with E-state index in [-0.39, 0.29) is 11.3 Å². The van der Waals surface area contributed by atoms with Gasteiger partial charge in [-0.3, -0.25) is 4.79 Å². The van der Waals surface area contributed by atoms with E-state index in [1.54, 1.807) is 0 Å². The SMILES string of the molecule is C=C1CC2(C)C=CC1C(C)C2=O. The third-order valence-electron chi connectivity index (χ3n) is 3.25. The molecule has 0 radical (unpaired) electrons. The Morgan fingerprint density at radius 3 is 2.83 bits per heavy atom. The van der Waals surface area contributed by atoms with Gasteiger partial charge in [0.1, 0.15) is 5.78 Å². The van der Waals surface area contributed by atoms with Crippen LogP contribution in [0.25, 0.3) is 0 Å². The first-order chi connectivity index (χ1) is 5.54. The van der Waals surface area contributed by atoms with E-state index in [9.17, 15) is 4.79 Å². The summed E-state index contributed by atoms with van der Waals surface area (Å²) in [5, 5.41) is 0. The van der Waals surface area contributed by atoms with Gasteiger partial charge in [0.05, 0.1) is 0 Å². The summed E-state index contributed by atoms with van der Waals surface area (Å²) in [6.45, 7) is 8.05. The minimum absolute atomic E-state index is 0.154. The van der Waals surface area contributed by atoms with Crippen molar-refractivity contribution in [2.75, 3.05) is 0 Å². The summed E-state index contributed by atoms with van der Waals surface area (Å²) in [6, 6.07) is 0. The van der Waals surface area contributed by atoms with Crippen LogP contribution in [0, 0.1) is 17.3 Å². The second-order valence-corrected chi connectivity index (χ2v) is 4.29. The number of Topliss-reactive ketones (excluding diaryl/α,β-unsaturated/α-hetero) is 1. The van der Waals surface area contributed by atoms with Crippen molar-refractivity contribution in [1.82, 2.24) is 0 Å². The molecule has 0 aromatic rings. The van der Waals surface area contributed by atoms with Gasteiger partial charge in [-0.2, -0.15) is 0 Å². The lowest BCUT2D eigenvalue weighted by molar-refractivity contribution is -0.132. The Morgan fingerprint density at radius 2 is 2.33 bits per heavy atom. The summed E-state index contributed by atoms with van der Waals surface area (Å²) in [4.78, 5) is 11.8. The summed E-state index contributed by atoms with van der Waals surface area (Å²) in [5.41, 5.74) is 0.998. The Hall–Kier alpha value is -0.850. The van der Waals surface area contributed by atoms with Crippen LogP contribution in [-0.4, -0.2) is 5.78 Å². The van der Waals surface area contributed by atoms with E-state index in [2.05, 4.69) is 18.7 Å². The van der Waals surface area contributed by atoms with E-state index in [1.165, 1.54) is 5.57 Å². The fourth-order valence-corrected chi connectivity index (χ4v) is 2.47. The van der Waals surface area contributed by atoms with Gasteiger partial charge in [-0.05, 0) is 13.3 Å². The standard InChI is InChI=1S/C11H14O/c1-7-6-11(3)5-4-9(7)8(2)10(11)12/h4-5,8-9H,1,6H2,2-3H3. The third-order valence-corrected chi connectivity index (χ3v) is 3.25. The molecule has 1 saturated carbocycles. The van der Waals surface area contributed by atoms with Gasteiger partial charge in [-0.15, -0.1) is 0 Å². The molecule has 1 fully saturated rings. The van der Waals surface area contributed by atoms with Gasteiger partial charge in [0, 0.05) is 17.3 Å². The van der Waals surface area contributed by atoms with Crippen molar-refractivity contribution in [3.63, 3.8) is 0 Å². The number of hydrogen-bond donors (Lipinski definition) is 0. The molecule has 1 nitrogen and oxygen atoms in total. The molecule has 0 heterocycles. The van der Waals surface area contributed by atoms with E-state index in [0.717, 1.165) is 6.42 Å². The summed E-state index contributed by atoms with van der Waals surface area (Å²) in [6.07, 6.45) is 5.07. The monoisotopic (exact) mass is 162 g/mol. The van der Waals surface area contributed by atoms with Crippen LogP contribution < -0.4 is 0 Å². The van der Waals surface area contributed by atoms with Crippen molar-refractivity contribution in [3.05, 3.63) is 24.3 Å². The molecule has 0 aromatic carbocycles. The molecule has 64 valence electrons. The highest BCUT2D eigenvalue weighted by Gasteiger charge is 2.46. The molecule has 0 saturated heterocycles. The largest absolute Gasteiger partial charge is 0.298 e. The molecule has 3 rings (SSSR count). The van der Waals surface area contributed by atoms with Gasteiger partial charge in [-0.1, -0.05) is 31.2 Å². The second-order valence-electron chi connectivity index (χ2n) is 4.29. The van der Waals surface area contributed by atoms with E-state index in [0.29, 0.717) is 11.7 Å². The molecule has 12 heavy (non-hydrogen) atoms. The maximum Gasteiger partial charge on any atom is 0.146 e. The molecule has 0 aliphatic heterocycles. The normalized spacial score (nSPS) is 45.5. The Morgan fingerprint density at radius 1 is 1.67 bits per heavy atom. The molecule has 3 atom stereocenters. The summed E-state index contributed by atoms with van der Waals surface area (Å²) in [5.74, 6) is 0.864. The lowest BCUT2D eigenvalue weighted by atomic mass is 9.59. The first kappa shape index (κ1) is 7.78. The highest BCUT2D eigenvalue weighted by atomic mass is 16.1. The Bertz CT molecular complexity index is 287. The molecular formula is C11H14O. The number of hydrogen-bond acceptors (Lipinski definition) is 1. The minimum atomic E-state index is -0.231. The van der Waals surface area contributed by atoms with Crippen molar-refractivity contribution >= 4 is 5.78 Å². The Balaban J connectivity index is 2.50. The first-order valence-corrected chi connectivity index (χ1v) is 4.46. The second kappa shape index (κ2) is 2.09. The lowest BCUT2D eigenvalue weighted by Gasteiger charge is -2.43. The molecule has 1 heteroatoms. The highest BCUT2D eigenvalue weighted by Crippen LogP contribution is 2.47. The van der Waals surface area contributed by atoms with Crippen molar-refractivity contribution in [2.24, 2.45) is 17.3 Å². The van der Waals surface area contributed by atoms with Crippen LogP contribution in [-0.2, 0) is 4.79 Å². The number of ketones is 1. The number of allylic oxidation sites excluding steroid dienone is 3. The zero-order chi connectivity index (χ0) is 8.93. The molecule has 2 bridgehead atoms. The lowest BCUT2D eigenvalue weighted by Crippen LogP contribution is -2.43. The predicted molar refractivity (Wildman–Crippen MR) is 48.7 cm³/mol. The predicted octanol–water partition coefficient (Wildman–Crippen LogP) is 2.34. The smallest absolute Gasteiger partial charge is 0.146 e. The number of rotatable bonds is 0. The van der Waals surface area contributed by atoms with Gasteiger partial charge < -0.3 is 0 Å². The zero-order valence-corrected chi connectivity index (χ0v) is 7.63. The molecular weight excluding hydrogens is 148 g/mol. The Labute approximate surface area is 73.2 Å². The third kappa shape index (κ3) is 0.767. The maximum absolute atomic E-state index is 11.8. The zero-order valence-electron chi connectivity index (χ0n) is 7.63. The number of carbonyl (C=O) groups is 1. The molecule has 0 amide bonds. The average molecular weight is 162 g/mol. The fourth-order valence-electron chi connectivity index (χ4n) is 2.47. The van der Waals surface area contributed by atoms with Gasteiger partial charge in [0.2, 0.25) is 0 Å². The van der Waals surface area contributed by atoms with Crippen LogP contribution in [0.3, 0.4) is 0 Å². The van der Waals surface area contributed by atoms with Crippen molar-refractivity contribution in [3.8, 4) is 0 Å². The van der Waals surface area contributed by atoms with Crippen LogP contribution >= 0.6 is 0 Å². The molecule has 3 aliphatic rings. The highest BCUT2D eigenvalue weighted by molar-refractivity contribution is 5.92. The minimum Gasteiger partial charge on any atom is -0.298 e. The van der Waals surface area contributed by atoms with Gasteiger partial charge in [0.15, 0.2) is 0 Å². The van der Waals surface area contributed by atoms with Gasteiger partial charge >= 0.3 is 0 Å². The Kier molecular flexibility index (Phi) is 1.36. The van der Waals surface area contributed by atoms with E-state index in [1.807, 2.05) is 13.8 Å². The first-order valence-electron chi connectivity index (χ1n) is 4.46. The van der Waals surface area contributed by atoms with Crippen LogP contribution in [0.2, 0.25) is 0 Å². The van der Waals surface area contributed by atoms with Gasteiger partial charge in [0.25, 0.3) is 0 Å². The molecule has 3 aliphatic carbocycles. The molecule has 0 spiro atoms. The van der Waals surface area contributed by atoms with Crippen LogP contribution in [0.4, 0.5) is 0 Å². The number of carbonyl (C=O) groups excluding carboxylic acids is 1. The molecule has 3 unspecified atom stereocenters. The number of fused-ring (bicyclic) bond motifs is 2. The summed E-state index contributed by atoms with van der Waals surface area (Å²) in [7, 11) is 0. The van der Waals surface area contributed by atoms with E-state index >= 15 is 0 Å². The molecule has 0 aromatic heterocycles. The maximum atomic E-state index is 11.8. The van der Waals surface area contributed by atoms with E-state index in [4.69, 9.17) is 0 Å². The van der Waals surface area contributed by atoms with E-state index < -0.39 is 0 Å². The topological polar surface area (TPSA) is 17.1 Å². The fraction of sp³-hybridized carbons (Fsp3) is 0.545.